The van der Waals surface area contributed by atoms with Gasteiger partial charge in [-0.3, -0.25) is 9.69 Å². The number of piperazine rings is 1. The summed E-state index contributed by atoms with van der Waals surface area (Å²) in [5, 5.41) is 9.32. The normalized spacial score (nSPS) is 17.6. The number of rotatable bonds is 3. The summed E-state index contributed by atoms with van der Waals surface area (Å²) in [5.41, 5.74) is 0.301. The highest BCUT2D eigenvalue weighted by Crippen LogP contribution is 2.11. The molecule has 106 valence electrons. The summed E-state index contributed by atoms with van der Waals surface area (Å²) in [6.45, 7) is 4.61. The number of hydrogen-bond acceptors (Lipinski definition) is 5. The van der Waals surface area contributed by atoms with Gasteiger partial charge in [0.1, 0.15) is 10.8 Å². The van der Waals surface area contributed by atoms with Crippen molar-refractivity contribution in [1.29, 1.82) is 5.26 Å². The number of carbonyl (C=O) groups excluding carboxylic acids is 1. The van der Waals surface area contributed by atoms with Gasteiger partial charge in [0, 0.05) is 26.2 Å². The molecule has 0 saturated carbocycles. The zero-order chi connectivity index (χ0) is 14.5. The quantitative estimate of drug-likeness (QED) is 0.837. The van der Waals surface area contributed by atoms with E-state index in [0.29, 0.717) is 31.9 Å². The van der Waals surface area contributed by atoms with Crippen LogP contribution in [-0.2, 0) is 0 Å². The second-order valence-electron chi connectivity index (χ2n) is 4.61. The van der Waals surface area contributed by atoms with Crippen molar-refractivity contribution in [3.63, 3.8) is 0 Å². The van der Waals surface area contributed by atoms with Gasteiger partial charge in [-0.2, -0.15) is 5.26 Å². The highest BCUT2D eigenvalue weighted by atomic mass is 35.5. The fourth-order valence-corrected chi connectivity index (χ4v) is 2.35. The molecule has 1 aliphatic heterocycles. The summed E-state index contributed by atoms with van der Waals surface area (Å²) >= 11 is 5.65. The maximum Gasteiger partial charge on any atom is 0.274 e. The van der Waals surface area contributed by atoms with Gasteiger partial charge in [-0.05, 0) is 6.42 Å². The van der Waals surface area contributed by atoms with E-state index in [4.69, 9.17) is 16.9 Å². The van der Waals surface area contributed by atoms with Crippen molar-refractivity contribution in [3.05, 3.63) is 23.2 Å². The minimum absolute atomic E-state index is 0.0671. The largest absolute Gasteiger partial charge is 0.335 e. The maximum absolute atomic E-state index is 12.2. The lowest BCUT2D eigenvalue weighted by Gasteiger charge is -2.36. The first-order chi connectivity index (χ1) is 9.65. The van der Waals surface area contributed by atoms with Crippen molar-refractivity contribution < 1.29 is 4.79 Å². The topological polar surface area (TPSA) is 73.1 Å². The van der Waals surface area contributed by atoms with Crippen molar-refractivity contribution in [2.24, 2.45) is 0 Å². The Labute approximate surface area is 123 Å². The van der Waals surface area contributed by atoms with Crippen molar-refractivity contribution in [3.8, 4) is 6.07 Å². The number of hydrogen-bond donors (Lipinski definition) is 0. The minimum atomic E-state index is -0.140. The summed E-state index contributed by atoms with van der Waals surface area (Å²) in [4.78, 5) is 23.9. The van der Waals surface area contributed by atoms with Crippen molar-refractivity contribution in [1.82, 2.24) is 19.8 Å². The molecule has 0 N–H and O–H groups in total. The van der Waals surface area contributed by atoms with Crippen LogP contribution >= 0.6 is 11.6 Å². The fourth-order valence-electron chi connectivity index (χ4n) is 2.25. The van der Waals surface area contributed by atoms with E-state index in [1.165, 1.54) is 12.4 Å². The first-order valence-electron chi connectivity index (χ1n) is 6.56. The predicted molar refractivity (Wildman–Crippen MR) is 74.2 cm³/mol. The molecule has 2 heterocycles. The van der Waals surface area contributed by atoms with Crippen LogP contribution in [0.4, 0.5) is 0 Å². The van der Waals surface area contributed by atoms with Crippen LogP contribution in [0.5, 0.6) is 0 Å². The molecule has 0 spiro atoms. The highest BCUT2D eigenvalue weighted by Gasteiger charge is 2.26. The third-order valence-electron chi connectivity index (χ3n) is 3.42. The first-order valence-corrected chi connectivity index (χ1v) is 6.94. The zero-order valence-electron chi connectivity index (χ0n) is 11.3. The predicted octanol–water partition coefficient (Wildman–Crippen LogP) is 1.19. The lowest BCUT2D eigenvalue weighted by molar-refractivity contribution is 0.0598. The minimum Gasteiger partial charge on any atom is -0.335 e. The van der Waals surface area contributed by atoms with Crippen LogP contribution in [0.2, 0.25) is 5.15 Å². The number of aromatic nitrogens is 2. The Balaban J connectivity index is 1.95. The van der Waals surface area contributed by atoms with Gasteiger partial charge in [0.25, 0.3) is 5.91 Å². The molecule has 2 rings (SSSR count). The summed E-state index contributed by atoms with van der Waals surface area (Å²) in [6.07, 6.45) is 3.56. The summed E-state index contributed by atoms with van der Waals surface area (Å²) in [5.74, 6) is -0.140. The van der Waals surface area contributed by atoms with Crippen molar-refractivity contribution in [2.75, 3.05) is 26.2 Å². The molecule has 20 heavy (non-hydrogen) atoms. The van der Waals surface area contributed by atoms with Crippen LogP contribution in [0.25, 0.3) is 0 Å². The highest BCUT2D eigenvalue weighted by molar-refractivity contribution is 6.29. The average Bonchev–Trinajstić information content (AvgIpc) is 2.49. The summed E-state index contributed by atoms with van der Waals surface area (Å²) in [7, 11) is 0. The third-order valence-corrected chi connectivity index (χ3v) is 3.61. The smallest absolute Gasteiger partial charge is 0.274 e. The Kier molecular flexibility index (Phi) is 4.88. The molecule has 1 amide bonds. The molecule has 1 aromatic rings. The lowest BCUT2D eigenvalue weighted by atomic mass is 10.2. The molecule has 1 aromatic heterocycles. The van der Waals surface area contributed by atoms with Crippen LogP contribution in [0.3, 0.4) is 0 Å². The van der Waals surface area contributed by atoms with Crippen LogP contribution in [0.15, 0.2) is 12.4 Å². The second-order valence-corrected chi connectivity index (χ2v) is 4.99. The van der Waals surface area contributed by atoms with Crippen molar-refractivity contribution in [2.45, 2.75) is 19.4 Å². The molecule has 1 unspecified atom stereocenters. The van der Waals surface area contributed by atoms with E-state index in [2.05, 4.69) is 20.9 Å². The molecule has 0 bridgehead atoms. The van der Waals surface area contributed by atoms with E-state index in [1.807, 2.05) is 6.92 Å². The number of halogens is 1. The molecule has 0 aromatic carbocycles. The number of carbonyl (C=O) groups is 1. The third kappa shape index (κ3) is 3.24. The SMILES string of the molecule is CCC(C#N)N1CCN(C(=O)c2cnc(Cl)cn2)CC1. The molecular formula is C13H16ClN5O. The van der Waals surface area contributed by atoms with Gasteiger partial charge in [0.05, 0.1) is 24.5 Å². The van der Waals surface area contributed by atoms with Crippen LogP contribution in [0, 0.1) is 11.3 Å². The molecule has 1 saturated heterocycles. The van der Waals surface area contributed by atoms with Gasteiger partial charge in [0.2, 0.25) is 0 Å². The van der Waals surface area contributed by atoms with Gasteiger partial charge in [-0.15, -0.1) is 0 Å². The Morgan fingerprint density at radius 3 is 2.60 bits per heavy atom. The fraction of sp³-hybridized carbons (Fsp3) is 0.538. The van der Waals surface area contributed by atoms with E-state index < -0.39 is 0 Å². The van der Waals surface area contributed by atoms with Gasteiger partial charge in [-0.25, -0.2) is 9.97 Å². The lowest BCUT2D eigenvalue weighted by Crippen LogP contribution is -2.51. The van der Waals surface area contributed by atoms with E-state index in [-0.39, 0.29) is 17.1 Å². The molecular weight excluding hydrogens is 278 g/mol. The van der Waals surface area contributed by atoms with Gasteiger partial charge in [0.15, 0.2) is 0 Å². The summed E-state index contributed by atoms with van der Waals surface area (Å²) in [6, 6.07) is 2.22. The van der Waals surface area contributed by atoms with Gasteiger partial charge in [-0.1, -0.05) is 18.5 Å². The Morgan fingerprint density at radius 2 is 2.10 bits per heavy atom. The van der Waals surface area contributed by atoms with E-state index in [0.717, 1.165) is 6.42 Å². The van der Waals surface area contributed by atoms with Gasteiger partial charge >= 0.3 is 0 Å². The molecule has 0 aliphatic carbocycles. The Hall–Kier alpha value is -1.71. The first kappa shape index (κ1) is 14.7. The average molecular weight is 294 g/mol. The van der Waals surface area contributed by atoms with Crippen LogP contribution in [0.1, 0.15) is 23.8 Å². The standard InChI is InChI=1S/C13H16ClN5O/c1-2-10(7-15)18-3-5-19(6-4-18)13(20)11-8-17-12(14)9-16-11/h8-10H,2-6H2,1H3. The monoisotopic (exact) mass is 293 g/mol. The second kappa shape index (κ2) is 6.64. The Bertz CT molecular complexity index is 504. The molecule has 6 nitrogen and oxygen atoms in total. The van der Waals surface area contributed by atoms with Crippen LogP contribution < -0.4 is 0 Å². The molecule has 7 heteroatoms. The summed E-state index contributed by atoms with van der Waals surface area (Å²) < 4.78 is 0. The van der Waals surface area contributed by atoms with Crippen molar-refractivity contribution >= 4 is 17.5 Å². The van der Waals surface area contributed by atoms with E-state index in [9.17, 15) is 4.79 Å². The Morgan fingerprint density at radius 1 is 1.40 bits per heavy atom. The molecule has 0 radical (unpaired) electrons. The number of nitriles is 1. The maximum atomic E-state index is 12.2. The van der Waals surface area contributed by atoms with E-state index in [1.54, 1.807) is 4.90 Å². The number of amides is 1. The molecule has 1 aliphatic rings. The van der Waals surface area contributed by atoms with E-state index >= 15 is 0 Å². The van der Waals surface area contributed by atoms with Crippen LogP contribution in [-0.4, -0.2) is 57.9 Å². The molecule has 1 atom stereocenters. The zero-order valence-corrected chi connectivity index (χ0v) is 12.0. The number of nitrogens with zero attached hydrogens (tertiary/aromatic N) is 5. The molecule has 1 fully saturated rings. The van der Waals surface area contributed by atoms with Gasteiger partial charge < -0.3 is 4.90 Å².